The minimum atomic E-state index is -0.496. The molecule has 11 aromatic carbocycles. The number of anilines is 3. The summed E-state index contributed by atoms with van der Waals surface area (Å²) < 4.78 is 0. The number of benzene rings is 11. The molecule has 0 N–H and O–H groups in total. The van der Waals surface area contributed by atoms with Gasteiger partial charge in [-0.1, -0.05) is 259 Å². The molecule has 0 unspecified atom stereocenters. The minimum absolute atomic E-state index is 0.119. The van der Waals surface area contributed by atoms with Crippen LogP contribution in [-0.4, -0.2) is 0 Å². The second-order valence-corrected chi connectivity index (χ2v) is 21.6. The van der Waals surface area contributed by atoms with Crippen molar-refractivity contribution >= 4 is 27.8 Å². The van der Waals surface area contributed by atoms with Gasteiger partial charge in [-0.2, -0.15) is 0 Å². The summed E-state index contributed by atoms with van der Waals surface area (Å²) in [6, 6.07) is 95.5. The summed E-state index contributed by atoms with van der Waals surface area (Å²) in [7, 11) is 0. The van der Waals surface area contributed by atoms with E-state index in [-0.39, 0.29) is 10.8 Å². The summed E-state index contributed by atoms with van der Waals surface area (Å²) in [6.45, 7) is 11.6. The lowest BCUT2D eigenvalue weighted by Crippen LogP contribution is -2.28. The first-order valence-corrected chi connectivity index (χ1v) is 25.8. The first-order chi connectivity index (χ1) is 35.6. The zero-order valence-electron chi connectivity index (χ0n) is 42.2. The molecule has 0 spiro atoms. The van der Waals surface area contributed by atoms with Crippen molar-refractivity contribution in [2.24, 2.45) is 0 Å². The van der Waals surface area contributed by atoms with Gasteiger partial charge in [0.1, 0.15) is 0 Å². The predicted octanol–water partition coefficient (Wildman–Crippen LogP) is 19.3. The van der Waals surface area contributed by atoms with E-state index >= 15 is 0 Å². The normalized spacial score (nSPS) is 13.8. The SMILES string of the molecule is CC(C)(C)c1ccc(-c2ccc(-c3ccc(N(c4ccc5c(c4)-c4ccccc4C5(c4ccccc4)c4ccccc4)c4ccc5ccccc5c4-c4cccc5c4-c4ccccc4C5(C)C)cc3)cc2)cc1. The fourth-order valence-electron chi connectivity index (χ4n) is 12.5. The fourth-order valence-corrected chi connectivity index (χ4v) is 12.5. The fraction of sp³-hybridized carbons (Fsp3) is 0.111. The highest BCUT2D eigenvalue weighted by Crippen LogP contribution is 2.59. The Labute approximate surface area is 430 Å². The molecule has 1 heteroatoms. The first-order valence-electron chi connectivity index (χ1n) is 25.8. The summed E-state index contributed by atoms with van der Waals surface area (Å²) >= 11 is 0. The van der Waals surface area contributed by atoms with E-state index in [0.717, 1.165) is 17.1 Å². The molecule has 0 radical (unpaired) electrons. The van der Waals surface area contributed by atoms with Crippen molar-refractivity contribution in [1.29, 1.82) is 0 Å². The Hall–Kier alpha value is -8.52. The average molecular weight is 936 g/mol. The van der Waals surface area contributed by atoms with Gasteiger partial charge in [-0.3, -0.25) is 0 Å². The van der Waals surface area contributed by atoms with Crippen molar-refractivity contribution in [2.45, 2.75) is 50.9 Å². The number of hydrogen-bond donors (Lipinski definition) is 0. The van der Waals surface area contributed by atoms with Gasteiger partial charge in [0, 0.05) is 22.4 Å². The molecule has 0 saturated carbocycles. The molecule has 0 aromatic heterocycles. The third-order valence-corrected chi connectivity index (χ3v) is 16.2. The van der Waals surface area contributed by atoms with Crippen LogP contribution in [0.3, 0.4) is 0 Å². The van der Waals surface area contributed by atoms with Crippen molar-refractivity contribution < 1.29 is 0 Å². The van der Waals surface area contributed by atoms with Gasteiger partial charge in [0.05, 0.1) is 11.1 Å². The Morgan fingerprint density at radius 2 is 0.836 bits per heavy atom. The Kier molecular flexibility index (Phi) is 10.4. The van der Waals surface area contributed by atoms with E-state index in [2.05, 4.69) is 294 Å². The van der Waals surface area contributed by atoms with Crippen LogP contribution in [0.1, 0.15) is 73.6 Å². The van der Waals surface area contributed by atoms with Gasteiger partial charge in [-0.15, -0.1) is 0 Å². The van der Waals surface area contributed by atoms with Crippen LogP contribution in [0.25, 0.3) is 66.4 Å². The molecule has 0 bridgehead atoms. The van der Waals surface area contributed by atoms with E-state index in [1.807, 2.05) is 0 Å². The third-order valence-electron chi connectivity index (χ3n) is 16.2. The zero-order valence-corrected chi connectivity index (χ0v) is 42.2. The molecule has 350 valence electrons. The van der Waals surface area contributed by atoms with Gasteiger partial charge >= 0.3 is 0 Å². The van der Waals surface area contributed by atoms with Gasteiger partial charge < -0.3 is 4.90 Å². The molecule has 0 atom stereocenters. The maximum Gasteiger partial charge on any atom is 0.0713 e. The first kappa shape index (κ1) is 44.4. The number of hydrogen-bond acceptors (Lipinski definition) is 1. The van der Waals surface area contributed by atoms with Crippen LogP contribution in [0.2, 0.25) is 0 Å². The minimum Gasteiger partial charge on any atom is -0.310 e. The monoisotopic (exact) mass is 935 g/mol. The van der Waals surface area contributed by atoms with Gasteiger partial charge in [0.25, 0.3) is 0 Å². The van der Waals surface area contributed by atoms with Crippen molar-refractivity contribution in [2.75, 3.05) is 4.90 Å². The smallest absolute Gasteiger partial charge is 0.0713 e. The second-order valence-electron chi connectivity index (χ2n) is 21.6. The van der Waals surface area contributed by atoms with Gasteiger partial charge in [-0.25, -0.2) is 0 Å². The highest BCUT2D eigenvalue weighted by atomic mass is 15.1. The predicted molar refractivity (Wildman–Crippen MR) is 309 cm³/mol. The molecule has 0 amide bonds. The highest BCUT2D eigenvalue weighted by Gasteiger charge is 2.46. The molecular weight excluding hydrogens is 879 g/mol. The lowest BCUT2D eigenvalue weighted by Gasteiger charge is -2.34. The topological polar surface area (TPSA) is 3.24 Å². The average Bonchev–Trinajstić information content (AvgIpc) is 3.86. The van der Waals surface area contributed by atoms with E-state index in [4.69, 9.17) is 0 Å². The van der Waals surface area contributed by atoms with Crippen LogP contribution in [0.15, 0.2) is 255 Å². The molecule has 0 fully saturated rings. The molecule has 0 heterocycles. The number of nitrogens with zero attached hydrogens (tertiary/aromatic N) is 1. The van der Waals surface area contributed by atoms with Crippen molar-refractivity contribution in [3.63, 3.8) is 0 Å². The molecule has 2 aliphatic rings. The van der Waals surface area contributed by atoms with Gasteiger partial charge in [0.15, 0.2) is 0 Å². The largest absolute Gasteiger partial charge is 0.310 e. The molecule has 11 aromatic rings. The lowest BCUT2D eigenvalue weighted by atomic mass is 9.68. The van der Waals surface area contributed by atoms with Crippen LogP contribution in [0.5, 0.6) is 0 Å². The Bertz CT molecular complexity index is 3830. The molecule has 1 nitrogen and oxygen atoms in total. The van der Waals surface area contributed by atoms with Crippen molar-refractivity contribution in [1.82, 2.24) is 0 Å². The van der Waals surface area contributed by atoms with Crippen LogP contribution in [0.4, 0.5) is 17.1 Å². The van der Waals surface area contributed by atoms with E-state index in [9.17, 15) is 0 Å². The molecule has 13 rings (SSSR count). The van der Waals surface area contributed by atoms with E-state index in [1.54, 1.807) is 0 Å². The molecule has 0 saturated heterocycles. The Morgan fingerprint density at radius 1 is 0.342 bits per heavy atom. The van der Waals surface area contributed by atoms with Crippen molar-refractivity contribution in [3.05, 3.63) is 294 Å². The summed E-state index contributed by atoms with van der Waals surface area (Å²) in [5, 5.41) is 2.44. The Balaban J connectivity index is 1.02. The number of fused-ring (bicyclic) bond motifs is 7. The zero-order chi connectivity index (χ0) is 49.5. The van der Waals surface area contributed by atoms with Crippen LogP contribution in [-0.2, 0) is 16.2 Å². The number of rotatable bonds is 8. The summed E-state index contributed by atoms with van der Waals surface area (Å²) in [4.78, 5) is 2.52. The standard InChI is InChI=1S/C72H57N/c1-70(2,3)53-40-35-50(36-41-53)48-31-33-49(34-32-48)51-37-42-56(43-38-51)73(57-44-45-65-62(47-57)59-25-14-17-29-64(59)72(65,54-20-8-6-9-21-54)55-22-10-7-11-23-55)67-46-39-52-19-12-13-24-58(52)69(67)61-27-18-30-66-68(61)60-26-15-16-28-63(60)71(66,4)5/h6-47H,1-5H3. The molecule has 2 aliphatic carbocycles. The molecular formula is C72H57N. The quantitative estimate of drug-likeness (QED) is 0.147. The summed E-state index contributed by atoms with van der Waals surface area (Å²) in [6.07, 6.45) is 0. The summed E-state index contributed by atoms with van der Waals surface area (Å²) in [5.74, 6) is 0. The van der Waals surface area contributed by atoms with Crippen LogP contribution >= 0.6 is 0 Å². The third kappa shape index (κ3) is 7.05. The van der Waals surface area contributed by atoms with Crippen LogP contribution < -0.4 is 4.90 Å². The summed E-state index contributed by atoms with van der Waals surface area (Å²) in [5.41, 5.74) is 24.4. The van der Waals surface area contributed by atoms with E-state index in [1.165, 1.54) is 105 Å². The maximum atomic E-state index is 2.52. The Morgan fingerprint density at radius 3 is 1.48 bits per heavy atom. The van der Waals surface area contributed by atoms with Crippen LogP contribution in [0, 0.1) is 0 Å². The van der Waals surface area contributed by atoms with Crippen molar-refractivity contribution in [3.8, 4) is 55.6 Å². The highest BCUT2D eigenvalue weighted by molar-refractivity contribution is 6.10. The van der Waals surface area contributed by atoms with Gasteiger partial charge in [-0.05, 0) is 136 Å². The molecule has 0 aliphatic heterocycles. The van der Waals surface area contributed by atoms with E-state index < -0.39 is 5.41 Å². The van der Waals surface area contributed by atoms with Gasteiger partial charge in [0.2, 0.25) is 0 Å². The lowest BCUT2D eigenvalue weighted by molar-refractivity contribution is 0.590. The maximum absolute atomic E-state index is 2.52. The van der Waals surface area contributed by atoms with E-state index in [0.29, 0.717) is 0 Å². The second kappa shape index (κ2) is 17.1. The molecule has 73 heavy (non-hydrogen) atoms.